The fourth-order valence-corrected chi connectivity index (χ4v) is 8.20. The minimum absolute atomic E-state index is 0.00726. The molecule has 3 N–H and O–H groups in total. The van der Waals surface area contributed by atoms with Gasteiger partial charge in [-0.05, 0) is 79.8 Å². The first-order valence-corrected chi connectivity index (χ1v) is 15.6. The molecule has 1 unspecified atom stereocenters. The Bertz CT molecular complexity index is 1370. The van der Waals surface area contributed by atoms with Crippen LogP contribution in [0, 0.1) is 5.92 Å². The molecule has 3 aromatic rings. The van der Waals surface area contributed by atoms with E-state index in [9.17, 15) is 18.3 Å². The highest BCUT2D eigenvalue weighted by atomic mass is 32.2. The smallest absolute Gasteiger partial charge is 0.303 e. The number of aryl methyl sites for hydroxylation is 1. The van der Waals surface area contributed by atoms with Gasteiger partial charge < -0.3 is 15.5 Å². The van der Waals surface area contributed by atoms with Crippen LogP contribution in [0.3, 0.4) is 0 Å². The molecule has 0 saturated carbocycles. The SMILES string of the molecule is CN(CC(O)CNC(C)(C)CC1Cc2ccccc2C1)S(=O)(=O)c1ccc(-c2ccccc2CCC(=O)O)s1. The molecule has 1 aromatic heterocycles. The van der Waals surface area contributed by atoms with E-state index in [4.69, 9.17) is 5.11 Å². The molecule has 1 heterocycles. The summed E-state index contributed by atoms with van der Waals surface area (Å²) < 4.78 is 27.9. The van der Waals surface area contributed by atoms with E-state index in [0.29, 0.717) is 18.9 Å². The molecular weight excluding hydrogens is 532 g/mol. The topological polar surface area (TPSA) is 107 Å². The van der Waals surface area contributed by atoms with E-state index in [1.807, 2.05) is 24.3 Å². The van der Waals surface area contributed by atoms with E-state index in [-0.39, 0.29) is 22.7 Å². The summed E-state index contributed by atoms with van der Waals surface area (Å²) in [4.78, 5) is 11.8. The van der Waals surface area contributed by atoms with Gasteiger partial charge in [0.1, 0.15) is 4.21 Å². The van der Waals surface area contributed by atoms with Crippen LogP contribution in [-0.2, 0) is 34.1 Å². The summed E-state index contributed by atoms with van der Waals surface area (Å²) in [6.45, 7) is 4.52. The largest absolute Gasteiger partial charge is 0.481 e. The fourth-order valence-electron chi connectivity index (χ4n) is 5.42. The molecule has 0 saturated heterocycles. The number of carboxylic acids is 1. The fraction of sp³-hybridized carbons (Fsp3) is 0.433. The molecule has 0 bridgehead atoms. The third kappa shape index (κ3) is 7.55. The van der Waals surface area contributed by atoms with Crippen LogP contribution >= 0.6 is 11.3 Å². The number of nitrogens with zero attached hydrogens (tertiary/aromatic N) is 1. The molecule has 39 heavy (non-hydrogen) atoms. The molecule has 0 spiro atoms. The van der Waals surface area contributed by atoms with Gasteiger partial charge in [-0.3, -0.25) is 4.79 Å². The highest BCUT2D eigenvalue weighted by Crippen LogP contribution is 2.35. The predicted molar refractivity (Wildman–Crippen MR) is 156 cm³/mol. The van der Waals surface area contributed by atoms with Crippen LogP contribution in [0.5, 0.6) is 0 Å². The quantitative estimate of drug-likeness (QED) is 0.278. The zero-order chi connectivity index (χ0) is 28.2. The maximum atomic E-state index is 13.3. The Labute approximate surface area is 235 Å². The second-order valence-corrected chi connectivity index (χ2v) is 14.5. The molecule has 0 fully saturated rings. The number of aliphatic hydroxyl groups excluding tert-OH is 1. The van der Waals surface area contributed by atoms with Gasteiger partial charge in [-0.25, -0.2) is 8.42 Å². The number of hydrogen-bond donors (Lipinski definition) is 3. The Morgan fingerprint density at radius 1 is 1.08 bits per heavy atom. The van der Waals surface area contributed by atoms with E-state index in [0.717, 1.165) is 46.6 Å². The Balaban J connectivity index is 1.33. The molecule has 1 aliphatic rings. The molecule has 0 amide bonds. The van der Waals surface area contributed by atoms with Crippen LogP contribution in [0.15, 0.2) is 64.9 Å². The number of aliphatic carboxylic acids is 1. The Kier molecular flexibility index (Phi) is 9.29. The van der Waals surface area contributed by atoms with Crippen molar-refractivity contribution in [3.63, 3.8) is 0 Å². The number of carboxylic acid groups (broad SMARTS) is 1. The van der Waals surface area contributed by atoms with Gasteiger partial charge in [-0.15, -0.1) is 11.3 Å². The van der Waals surface area contributed by atoms with Crippen molar-refractivity contribution >= 4 is 27.3 Å². The van der Waals surface area contributed by atoms with E-state index in [1.54, 1.807) is 12.1 Å². The standard InChI is InChI=1S/C30H38N2O5S2/c1-30(2,18-21-16-23-9-4-5-10-24(23)17-21)31-19-25(33)20-32(3)39(36,37)29-15-13-27(38-29)26-11-7-6-8-22(26)12-14-28(34)35/h4-11,13,15,21,25,31,33H,12,14,16-20H2,1-3H3,(H,34,35). The van der Waals surface area contributed by atoms with Gasteiger partial charge in [0.15, 0.2) is 0 Å². The average Bonchev–Trinajstić information content (AvgIpc) is 3.53. The maximum Gasteiger partial charge on any atom is 0.303 e. The van der Waals surface area contributed by atoms with Gasteiger partial charge in [0.05, 0.1) is 6.10 Å². The van der Waals surface area contributed by atoms with Crippen molar-refractivity contribution in [2.45, 2.75) is 61.8 Å². The molecule has 7 nitrogen and oxygen atoms in total. The Hall–Kier alpha value is -2.56. The van der Waals surface area contributed by atoms with Gasteiger partial charge >= 0.3 is 5.97 Å². The first-order chi connectivity index (χ1) is 18.4. The molecule has 1 atom stereocenters. The van der Waals surface area contributed by atoms with Crippen molar-refractivity contribution < 1.29 is 23.4 Å². The molecule has 1 aliphatic carbocycles. The summed E-state index contributed by atoms with van der Waals surface area (Å²) in [5.74, 6) is -0.325. The van der Waals surface area contributed by atoms with Crippen LogP contribution in [0.1, 0.15) is 43.4 Å². The lowest BCUT2D eigenvalue weighted by atomic mass is 9.88. The second-order valence-electron chi connectivity index (χ2n) is 11.1. The second kappa shape index (κ2) is 12.3. The molecule has 9 heteroatoms. The summed E-state index contributed by atoms with van der Waals surface area (Å²) in [6, 6.07) is 19.4. The van der Waals surface area contributed by atoms with E-state index in [2.05, 4.69) is 43.4 Å². The minimum atomic E-state index is -3.79. The lowest BCUT2D eigenvalue weighted by molar-refractivity contribution is -0.136. The first-order valence-electron chi connectivity index (χ1n) is 13.3. The van der Waals surface area contributed by atoms with Gasteiger partial charge in [0.25, 0.3) is 10.0 Å². The highest BCUT2D eigenvalue weighted by Gasteiger charge is 2.30. The van der Waals surface area contributed by atoms with Crippen LogP contribution in [0.25, 0.3) is 10.4 Å². The highest BCUT2D eigenvalue weighted by molar-refractivity contribution is 7.91. The van der Waals surface area contributed by atoms with Crippen LogP contribution in [0.4, 0.5) is 0 Å². The van der Waals surface area contributed by atoms with Gasteiger partial charge in [0, 0.05) is 37.0 Å². The zero-order valence-electron chi connectivity index (χ0n) is 22.8. The monoisotopic (exact) mass is 570 g/mol. The molecule has 210 valence electrons. The minimum Gasteiger partial charge on any atom is -0.481 e. The number of sulfonamides is 1. The van der Waals surface area contributed by atoms with Crippen molar-refractivity contribution in [1.82, 2.24) is 9.62 Å². The number of hydrogen-bond acceptors (Lipinski definition) is 6. The number of nitrogens with one attached hydrogen (secondary N) is 1. The Morgan fingerprint density at radius 3 is 2.38 bits per heavy atom. The van der Waals surface area contributed by atoms with E-state index in [1.165, 1.54) is 22.5 Å². The van der Waals surface area contributed by atoms with Crippen LogP contribution < -0.4 is 5.32 Å². The van der Waals surface area contributed by atoms with Crippen molar-refractivity contribution in [1.29, 1.82) is 0 Å². The van der Waals surface area contributed by atoms with Gasteiger partial charge in [-0.2, -0.15) is 4.31 Å². The predicted octanol–water partition coefficient (Wildman–Crippen LogP) is 4.59. The number of rotatable bonds is 13. The van der Waals surface area contributed by atoms with Crippen molar-refractivity contribution in [2.24, 2.45) is 5.92 Å². The summed E-state index contributed by atoms with van der Waals surface area (Å²) >= 11 is 1.15. The number of β-amino-alcohol motifs (C(OH)–C–C–N with tert-alkyl or cyclic N) is 1. The number of benzene rings is 2. The molecule has 4 rings (SSSR count). The summed E-state index contributed by atoms with van der Waals surface area (Å²) in [5, 5.41) is 23.2. The number of thiophene rings is 1. The average molecular weight is 571 g/mol. The summed E-state index contributed by atoms with van der Waals surface area (Å²) in [5.41, 5.74) is 4.35. The Morgan fingerprint density at radius 2 is 1.72 bits per heavy atom. The molecular formula is C30H38N2O5S2. The maximum absolute atomic E-state index is 13.3. The number of carbonyl (C=O) groups is 1. The molecule has 0 aliphatic heterocycles. The van der Waals surface area contributed by atoms with Crippen molar-refractivity contribution in [2.75, 3.05) is 20.1 Å². The normalized spacial score (nSPS) is 15.0. The summed E-state index contributed by atoms with van der Waals surface area (Å²) in [6.07, 6.45) is 2.62. The number of likely N-dealkylation sites (N-methyl/N-ethyl adjacent to an activating group) is 1. The first kappa shape index (κ1) is 29.4. The number of aliphatic hydroxyl groups is 1. The molecule has 0 radical (unpaired) electrons. The van der Waals surface area contributed by atoms with Crippen molar-refractivity contribution in [3.8, 4) is 10.4 Å². The van der Waals surface area contributed by atoms with Crippen LogP contribution in [-0.4, -0.2) is 60.7 Å². The van der Waals surface area contributed by atoms with Crippen molar-refractivity contribution in [3.05, 3.63) is 77.4 Å². The van der Waals surface area contributed by atoms with E-state index < -0.39 is 22.1 Å². The van der Waals surface area contributed by atoms with Crippen LogP contribution in [0.2, 0.25) is 0 Å². The molecule has 2 aromatic carbocycles. The third-order valence-electron chi connectivity index (χ3n) is 7.36. The lowest BCUT2D eigenvalue weighted by Gasteiger charge is -2.31. The van der Waals surface area contributed by atoms with Gasteiger partial charge in [-0.1, -0.05) is 48.5 Å². The third-order valence-corrected chi connectivity index (χ3v) is 10.8. The van der Waals surface area contributed by atoms with Gasteiger partial charge in [0.2, 0.25) is 0 Å². The number of fused-ring (bicyclic) bond motifs is 1. The van der Waals surface area contributed by atoms with E-state index >= 15 is 0 Å². The summed E-state index contributed by atoms with van der Waals surface area (Å²) in [7, 11) is -2.31. The zero-order valence-corrected chi connectivity index (χ0v) is 24.4. The lowest BCUT2D eigenvalue weighted by Crippen LogP contribution is -2.47.